The Morgan fingerprint density at radius 3 is 0.907 bits per heavy atom. The van der Waals surface area contributed by atoms with E-state index in [0.717, 1.165) is 84.2 Å². The van der Waals surface area contributed by atoms with E-state index in [1.54, 1.807) is 41.4 Å². The predicted molar refractivity (Wildman–Crippen MR) is 447 cm³/mol. The second kappa shape index (κ2) is 55.7. The molecule has 0 unspecified atom stereocenters. The topological polar surface area (TPSA) is 510 Å². The van der Waals surface area contributed by atoms with Crippen LogP contribution in [0.3, 0.4) is 0 Å². The van der Waals surface area contributed by atoms with Crippen LogP contribution in [-0.4, -0.2) is 289 Å². The molecular weight excluding hydrogens is 1750 g/mol. The maximum atomic E-state index is 11.9. The fourth-order valence-electron chi connectivity index (χ4n) is 11.6. The number of hydrogen-bond acceptors (Lipinski definition) is 29. The number of amides is 4. The molecule has 6 fully saturated rings. The number of likely N-dealkylation sites (tertiary alicyclic amines) is 6. The Bertz CT molecular complexity index is 3730. The quantitative estimate of drug-likeness (QED) is 0.0199. The average molecular weight is 1890 g/mol. The van der Waals surface area contributed by atoms with Crippen molar-refractivity contribution in [3.63, 3.8) is 0 Å². The van der Waals surface area contributed by atoms with E-state index in [4.69, 9.17) is 44.8 Å². The predicted octanol–water partition coefficient (Wildman–Crippen LogP) is 11.1. The normalized spacial score (nSPS) is 16.4. The van der Waals surface area contributed by atoms with E-state index in [-0.39, 0.29) is 133 Å². The van der Waals surface area contributed by atoms with Gasteiger partial charge in [-0.25, -0.2) is 19.2 Å². The third-order valence-electron chi connectivity index (χ3n) is 17.2. The number of aliphatic hydroxyl groups is 3. The minimum absolute atomic E-state index is 0. The van der Waals surface area contributed by atoms with Crippen LogP contribution in [0.4, 0.5) is 47.6 Å². The molecule has 5 aromatic rings. The molecule has 41 nitrogen and oxygen atoms in total. The fourth-order valence-corrected chi connectivity index (χ4v) is 12.3. The number of nitrogens with one attached hydrogen (secondary N) is 1. The van der Waals surface area contributed by atoms with Gasteiger partial charge in [0.2, 0.25) is 0 Å². The monoisotopic (exact) mass is 1890 g/mol. The number of aromatic amines is 1. The van der Waals surface area contributed by atoms with Crippen molar-refractivity contribution in [1.82, 2.24) is 78.7 Å². The summed E-state index contributed by atoms with van der Waals surface area (Å²) in [4.78, 5) is 88.0. The molecule has 118 heavy (non-hydrogen) atoms. The Balaban J connectivity index is -0.000000314. The van der Waals surface area contributed by atoms with Crippen molar-refractivity contribution in [3.8, 4) is 0 Å². The zero-order chi connectivity index (χ0) is 84.5. The summed E-state index contributed by atoms with van der Waals surface area (Å²) in [6.45, 7) is 31.1. The molecule has 0 aliphatic carbocycles. The number of aliphatic hydroxyl groups excluding tert-OH is 3. The fraction of sp³-hybridized carbons (Fsp3) is 0.716. The van der Waals surface area contributed by atoms with Gasteiger partial charge in [-0.15, -0.1) is 0 Å². The number of nitrogens with two attached hydrogens (primary N) is 2. The van der Waals surface area contributed by atoms with Crippen molar-refractivity contribution in [3.05, 3.63) is 107 Å². The van der Waals surface area contributed by atoms with Gasteiger partial charge >= 0.3 is 41.4 Å². The Hall–Kier alpha value is -8.04. The molecule has 11 heterocycles. The third kappa shape index (κ3) is 45.9. The number of hydrogen-bond donors (Lipinski definition) is 6. The van der Waals surface area contributed by atoms with Crippen LogP contribution in [0.5, 0.6) is 0 Å². The molecule has 0 spiro atoms. The number of aromatic nitrogens is 10. The van der Waals surface area contributed by atoms with Gasteiger partial charge in [0, 0.05) is 123 Å². The van der Waals surface area contributed by atoms with E-state index in [2.05, 4.69) is 54.5 Å². The molecule has 690 valence electrons. The molecule has 4 amide bonds. The molecule has 6 aliphatic rings. The van der Waals surface area contributed by atoms with Gasteiger partial charge in [-0.3, -0.25) is 58.4 Å². The van der Waals surface area contributed by atoms with Gasteiger partial charge in [-0.05, 0) is 200 Å². The molecule has 11 rings (SSSR count). The molecule has 0 radical (unpaired) electrons. The van der Waals surface area contributed by atoms with E-state index in [1.807, 2.05) is 105 Å². The number of anilines is 2. The van der Waals surface area contributed by atoms with Crippen molar-refractivity contribution < 1.29 is 125 Å². The van der Waals surface area contributed by atoms with Crippen molar-refractivity contribution in [1.29, 1.82) is 0 Å². The number of nitrogen functional groups attached to an aromatic ring is 2. The number of H-pyrrole nitrogens is 1. The number of nitro groups is 3. The third-order valence-corrected chi connectivity index (χ3v) is 17.8. The molecule has 5 aromatic heterocycles. The summed E-state index contributed by atoms with van der Waals surface area (Å²) in [5, 5.41) is 76.5. The van der Waals surface area contributed by atoms with E-state index in [1.165, 1.54) is 43.8 Å². The van der Waals surface area contributed by atoms with Crippen LogP contribution in [0.2, 0.25) is 0 Å². The second-order valence-electron chi connectivity index (χ2n) is 31.2. The average Bonchev–Trinajstić information content (AvgIpc) is 1.69. The van der Waals surface area contributed by atoms with Crippen LogP contribution in [-0.2, 0) is 74.1 Å². The van der Waals surface area contributed by atoms with Crippen molar-refractivity contribution in [2.45, 2.75) is 234 Å². The molecule has 0 bridgehead atoms. The van der Waals surface area contributed by atoms with Crippen molar-refractivity contribution >= 4 is 62.9 Å². The van der Waals surface area contributed by atoms with Gasteiger partial charge in [-0.1, -0.05) is 14.9 Å². The van der Waals surface area contributed by atoms with Gasteiger partial charge in [0.05, 0.1) is 87.4 Å². The maximum Gasteiger partial charge on any atom is 0.410 e. The number of nitrogens with zero attached hydrogens (tertiary/aromatic N) is 18. The van der Waals surface area contributed by atoms with Crippen LogP contribution in [0, 0.1) is 45.2 Å². The van der Waals surface area contributed by atoms with Crippen LogP contribution in [0.15, 0.2) is 62.0 Å². The minimum Gasteiger partial charge on any atom is -0.444 e. The van der Waals surface area contributed by atoms with Gasteiger partial charge in [-0.2, -0.15) is 33.9 Å². The van der Waals surface area contributed by atoms with Crippen molar-refractivity contribution in [2.24, 2.45) is 0 Å². The Morgan fingerprint density at radius 1 is 0.449 bits per heavy atom. The summed E-state index contributed by atoms with van der Waals surface area (Å²) in [6, 6.07) is 1.26. The van der Waals surface area contributed by atoms with E-state index in [0.29, 0.717) is 115 Å². The SMILES string of the molecule is C.C.CC(C)(C)OC(=O)N1CCC(O)CC1.CC(C)(C)OC(=O)N1CCC(OS(C)(=O)=O)CC1.CC(C)(C)OC(=O)N1CCC(n2cc(N)cn2)CC1.CC(C)(C)OC(=O)N1CCC(n2cc([N+](=O)[O-])cn2)CC1.CN1CCC(n2cc(N)cn2)CC1.CN1CCC(n2cc([N+](=O)[O-])cn2)CC1.CO.CO.O=[N+]([O-])c1cn[nH]c1.[CH3-].[CH3-].[HH].[HH].[Pd].[Pd]. The standard InChI is InChI=1S/C13H20N4O4.C13H22N4O2.C11H21NO5S.C10H19NO3.C9H14N4O2.C9H16N4.C3H3N3O2.2CH4O.2CH4.2CH3.2Pd.2H2/c1-13(2,3)21-12(18)15-6-4-10(5-7-15)16-9-11(8-14-16)17(19)20;1-13(2,3)19-12(18)16-6-4-11(5-7-16)17-9-10(14)8-15-17;1-11(2,3)16-10(13)12-7-5-9(6-8-12)17-18(4,14)15;1-10(2,3)14-9(13)11-6-4-8(12)5-7-11;1-11-4-2-8(3-5-11)12-7-9(6-10-12)13(14)15;1-12-4-2-9(3-5-12)13-7-8(10)6-11-13;7-6(8)3-1-4-5-2-3;2*1-2;;;;;;;;/h8-10H,4-7H2,1-3H3;8-9,11H,4-7,14H2,1-3H3;9H,5-8H2,1-4H3;8,12H,4-7H2,1-3H3;6-8H,2-5H2,1H3;6-7,9H,2-5,10H2,1H3;1-2H,(H,4,5);2*2H,1H3;2*1H4;2*1H3;;;2*1H/q;;;;;;;;;;;2*-1;;;;. The zero-order valence-electron chi connectivity index (χ0n) is 70.7. The summed E-state index contributed by atoms with van der Waals surface area (Å²) < 4.78 is 55.2. The number of rotatable bonds is 9. The first-order valence-corrected chi connectivity index (χ1v) is 38.9. The Labute approximate surface area is 727 Å². The number of ether oxygens (including phenoxy) is 4. The molecular formula is C74H141N21O20Pd2S-2. The number of carbonyl (C=O) groups is 4. The number of piperidine rings is 6. The molecule has 0 atom stereocenters. The largest absolute Gasteiger partial charge is 0.444 e. The molecule has 8 N–H and O–H groups in total. The Kier molecular flexibility index (Phi) is 54.9. The Morgan fingerprint density at radius 2 is 0.695 bits per heavy atom. The van der Waals surface area contributed by atoms with E-state index in [9.17, 15) is 63.0 Å². The van der Waals surface area contributed by atoms with E-state index >= 15 is 0 Å². The molecule has 6 aliphatic heterocycles. The minimum atomic E-state index is -3.42. The first-order valence-electron chi connectivity index (χ1n) is 37.1. The molecule has 0 saturated carbocycles. The summed E-state index contributed by atoms with van der Waals surface area (Å²) in [5.41, 5.74) is 10.9. The van der Waals surface area contributed by atoms with Crippen molar-refractivity contribution in [2.75, 3.05) is 125 Å². The second-order valence-corrected chi connectivity index (χ2v) is 32.8. The number of carbonyl (C=O) groups excluding carboxylic acids is 4. The van der Waals surface area contributed by atoms with Gasteiger partial charge in [0.25, 0.3) is 10.1 Å². The maximum absolute atomic E-state index is 11.9. The zero-order valence-corrected chi connectivity index (χ0v) is 74.7. The molecule has 6 saturated heterocycles. The molecule has 0 aromatic carbocycles. The van der Waals surface area contributed by atoms with Crippen LogP contribution < -0.4 is 11.5 Å². The smallest absolute Gasteiger partial charge is 0.410 e. The first-order chi connectivity index (χ1) is 52.3. The van der Waals surface area contributed by atoms with Crippen LogP contribution >= 0.6 is 0 Å². The molecule has 44 heteroatoms. The van der Waals surface area contributed by atoms with Gasteiger partial charge in [0.15, 0.2) is 0 Å². The summed E-state index contributed by atoms with van der Waals surface area (Å²) >= 11 is 0. The summed E-state index contributed by atoms with van der Waals surface area (Å²) in [7, 11) is 2.82. The van der Waals surface area contributed by atoms with Gasteiger partial charge in [0.1, 0.15) is 53.4 Å². The van der Waals surface area contributed by atoms with Crippen LogP contribution in [0.25, 0.3) is 0 Å². The van der Waals surface area contributed by atoms with E-state index < -0.39 is 47.3 Å². The van der Waals surface area contributed by atoms with Crippen LogP contribution in [0.1, 0.15) is 202 Å². The first kappa shape index (κ1) is 116. The van der Waals surface area contributed by atoms with Gasteiger partial charge < -0.3 is 90.0 Å². The summed E-state index contributed by atoms with van der Waals surface area (Å²) in [5.74, 6) is 0. The summed E-state index contributed by atoms with van der Waals surface area (Å²) in [6.07, 6.45) is 24.2.